The predicted octanol–water partition coefficient (Wildman–Crippen LogP) is 3.14. The minimum atomic E-state index is 0.399. The van der Waals surface area contributed by atoms with Gasteiger partial charge in [0.15, 0.2) is 5.96 Å². The number of aryl methyl sites for hydroxylation is 1. The number of benzene rings is 1. The summed E-state index contributed by atoms with van der Waals surface area (Å²) in [6.07, 6.45) is 5.83. The number of aliphatic imine (C=N–C) groups is 1. The third-order valence-corrected chi connectivity index (χ3v) is 5.44. The van der Waals surface area contributed by atoms with Crippen molar-refractivity contribution in [3.8, 4) is 0 Å². The van der Waals surface area contributed by atoms with Gasteiger partial charge in [0.25, 0.3) is 0 Å². The molecule has 0 saturated carbocycles. The molecule has 1 fully saturated rings. The number of anilines is 1. The molecule has 0 amide bonds. The molecule has 0 bridgehead atoms. The molecule has 1 aromatic carbocycles. The van der Waals surface area contributed by atoms with E-state index in [9.17, 15) is 0 Å². The fourth-order valence-electron chi connectivity index (χ4n) is 3.29. The van der Waals surface area contributed by atoms with Gasteiger partial charge < -0.3 is 15.5 Å². The van der Waals surface area contributed by atoms with Crippen LogP contribution in [0, 0.1) is 6.92 Å². The number of nitrogens with one attached hydrogen (secondary N) is 2. The van der Waals surface area contributed by atoms with Crippen molar-refractivity contribution in [1.82, 2.24) is 15.6 Å². The minimum Gasteiger partial charge on any atom is -0.368 e. The molecule has 2 heterocycles. The normalized spacial score (nSPS) is 17.4. The quantitative estimate of drug-likeness (QED) is 0.581. The molecule has 2 aromatic rings. The van der Waals surface area contributed by atoms with E-state index in [1.165, 1.54) is 16.8 Å². The van der Waals surface area contributed by atoms with Gasteiger partial charge in [0.2, 0.25) is 0 Å². The fourth-order valence-corrected chi connectivity index (χ4v) is 3.83. The molecule has 138 valence electrons. The van der Waals surface area contributed by atoms with Gasteiger partial charge in [0.05, 0.1) is 5.69 Å². The van der Waals surface area contributed by atoms with Gasteiger partial charge in [-0.15, -0.1) is 0 Å². The number of aromatic nitrogens is 1. The number of hydrogen-bond acceptors (Lipinski definition) is 3. The van der Waals surface area contributed by atoms with Gasteiger partial charge in [-0.3, -0.25) is 9.98 Å². The Bertz CT molecular complexity index is 761. The Balaban J connectivity index is 1.48. The van der Waals surface area contributed by atoms with Crippen LogP contribution in [0.1, 0.15) is 17.5 Å². The standard InChI is InChI=1S/C20H26BrN5/c1-15-13-23-10-7-16(15)8-11-24-20(22-2)25-17-9-12-26(14-17)19-6-4-3-5-18(19)21/h3-7,10,13,17H,8-9,11-12,14H2,1-2H3,(H2,22,24,25). The van der Waals surface area contributed by atoms with Crippen molar-refractivity contribution in [3.05, 3.63) is 58.3 Å². The van der Waals surface area contributed by atoms with Crippen molar-refractivity contribution >= 4 is 27.6 Å². The highest BCUT2D eigenvalue weighted by Crippen LogP contribution is 2.28. The topological polar surface area (TPSA) is 52.6 Å². The number of hydrogen-bond donors (Lipinski definition) is 2. The predicted molar refractivity (Wildman–Crippen MR) is 112 cm³/mol. The van der Waals surface area contributed by atoms with E-state index >= 15 is 0 Å². The average molecular weight is 416 g/mol. The highest BCUT2D eigenvalue weighted by atomic mass is 79.9. The molecular formula is C20H26BrN5. The first-order valence-electron chi connectivity index (χ1n) is 9.03. The monoisotopic (exact) mass is 415 g/mol. The Kier molecular flexibility index (Phi) is 6.50. The molecule has 3 rings (SSSR count). The van der Waals surface area contributed by atoms with Crippen LogP contribution in [0.3, 0.4) is 0 Å². The van der Waals surface area contributed by atoms with E-state index in [-0.39, 0.29) is 0 Å². The molecule has 1 aromatic heterocycles. The zero-order valence-corrected chi connectivity index (χ0v) is 17.0. The molecule has 26 heavy (non-hydrogen) atoms. The maximum absolute atomic E-state index is 4.37. The maximum Gasteiger partial charge on any atom is 0.191 e. The molecule has 0 aliphatic carbocycles. The van der Waals surface area contributed by atoms with E-state index in [2.05, 4.69) is 78.7 Å². The molecule has 1 saturated heterocycles. The van der Waals surface area contributed by atoms with Gasteiger partial charge in [-0.2, -0.15) is 0 Å². The molecule has 1 aliphatic heterocycles. The average Bonchev–Trinajstić information content (AvgIpc) is 3.11. The molecule has 5 nitrogen and oxygen atoms in total. The molecule has 0 radical (unpaired) electrons. The van der Waals surface area contributed by atoms with Crippen molar-refractivity contribution in [1.29, 1.82) is 0 Å². The van der Waals surface area contributed by atoms with E-state index in [1.54, 1.807) is 0 Å². The Labute approximate surface area is 164 Å². The number of nitrogens with zero attached hydrogens (tertiary/aromatic N) is 3. The molecule has 0 spiro atoms. The van der Waals surface area contributed by atoms with E-state index in [1.807, 2.05) is 19.4 Å². The van der Waals surface area contributed by atoms with Crippen molar-refractivity contribution in [2.75, 3.05) is 31.6 Å². The van der Waals surface area contributed by atoms with E-state index in [0.29, 0.717) is 6.04 Å². The molecule has 1 aliphatic rings. The smallest absolute Gasteiger partial charge is 0.191 e. The third-order valence-electron chi connectivity index (χ3n) is 4.77. The molecular weight excluding hydrogens is 390 g/mol. The summed E-state index contributed by atoms with van der Waals surface area (Å²) in [5.74, 6) is 0.871. The molecule has 1 unspecified atom stereocenters. The second-order valence-electron chi connectivity index (χ2n) is 6.58. The van der Waals surface area contributed by atoms with E-state index < -0.39 is 0 Å². The second-order valence-corrected chi connectivity index (χ2v) is 7.43. The van der Waals surface area contributed by atoms with Crippen LogP contribution in [0.4, 0.5) is 5.69 Å². The number of para-hydroxylation sites is 1. The maximum atomic E-state index is 4.37. The summed E-state index contributed by atoms with van der Waals surface area (Å²) in [7, 11) is 1.83. The van der Waals surface area contributed by atoms with Crippen molar-refractivity contribution in [2.45, 2.75) is 25.8 Å². The minimum absolute atomic E-state index is 0.399. The lowest BCUT2D eigenvalue weighted by molar-refractivity contribution is 0.648. The molecule has 1 atom stereocenters. The fraction of sp³-hybridized carbons (Fsp3) is 0.400. The van der Waals surface area contributed by atoms with Crippen molar-refractivity contribution < 1.29 is 0 Å². The van der Waals surface area contributed by atoms with Crippen molar-refractivity contribution in [3.63, 3.8) is 0 Å². The lowest BCUT2D eigenvalue weighted by Gasteiger charge is -2.21. The Morgan fingerprint density at radius 3 is 2.96 bits per heavy atom. The Hall–Kier alpha value is -2.08. The van der Waals surface area contributed by atoms with Crippen LogP contribution < -0.4 is 15.5 Å². The second kappa shape index (κ2) is 9.03. The van der Waals surface area contributed by atoms with E-state index in [4.69, 9.17) is 0 Å². The summed E-state index contributed by atoms with van der Waals surface area (Å²) in [6.45, 7) is 4.98. The van der Waals surface area contributed by atoms with E-state index in [0.717, 1.165) is 42.9 Å². The Morgan fingerprint density at radius 1 is 1.35 bits per heavy atom. The summed E-state index contributed by atoms with van der Waals surface area (Å²) < 4.78 is 1.15. The zero-order chi connectivity index (χ0) is 18.4. The van der Waals surface area contributed by atoms with Crippen LogP contribution in [0.15, 0.2) is 52.2 Å². The summed E-state index contributed by atoms with van der Waals surface area (Å²) in [4.78, 5) is 10.9. The van der Waals surface area contributed by atoms with Crippen LogP contribution in [-0.4, -0.2) is 43.7 Å². The largest absolute Gasteiger partial charge is 0.368 e. The first-order chi connectivity index (χ1) is 12.7. The summed E-state index contributed by atoms with van der Waals surface area (Å²) >= 11 is 3.65. The number of halogens is 1. The highest BCUT2D eigenvalue weighted by Gasteiger charge is 2.24. The van der Waals surface area contributed by atoms with Crippen LogP contribution in [-0.2, 0) is 6.42 Å². The lowest BCUT2D eigenvalue weighted by atomic mass is 10.1. The molecule has 2 N–H and O–H groups in total. The van der Waals surface area contributed by atoms with Gasteiger partial charge in [0.1, 0.15) is 0 Å². The van der Waals surface area contributed by atoms with Gasteiger partial charge in [-0.25, -0.2) is 0 Å². The summed E-state index contributed by atoms with van der Waals surface area (Å²) in [5.41, 5.74) is 3.81. The van der Waals surface area contributed by atoms with Gasteiger partial charge in [0, 0.05) is 49.6 Å². The Morgan fingerprint density at radius 2 is 2.19 bits per heavy atom. The van der Waals surface area contributed by atoms with Crippen molar-refractivity contribution in [2.24, 2.45) is 4.99 Å². The van der Waals surface area contributed by atoms with Crippen LogP contribution in [0.5, 0.6) is 0 Å². The van der Waals surface area contributed by atoms with Crippen LogP contribution in [0.25, 0.3) is 0 Å². The third kappa shape index (κ3) is 4.75. The summed E-state index contributed by atoms with van der Waals surface area (Å²) in [6, 6.07) is 10.9. The van der Waals surface area contributed by atoms with Gasteiger partial charge in [-0.1, -0.05) is 12.1 Å². The first-order valence-corrected chi connectivity index (χ1v) is 9.83. The molecule has 6 heteroatoms. The number of rotatable bonds is 5. The van der Waals surface area contributed by atoms with Gasteiger partial charge >= 0.3 is 0 Å². The number of guanidine groups is 1. The first kappa shape index (κ1) is 18.7. The SMILES string of the molecule is CN=C(NCCc1ccncc1C)NC1CCN(c2ccccc2Br)C1. The number of pyridine rings is 1. The summed E-state index contributed by atoms with van der Waals surface area (Å²) in [5, 5.41) is 6.98. The lowest BCUT2D eigenvalue weighted by Crippen LogP contribution is -2.45. The highest BCUT2D eigenvalue weighted by molar-refractivity contribution is 9.10. The van der Waals surface area contributed by atoms with Gasteiger partial charge in [-0.05, 0) is 65.0 Å². The van der Waals surface area contributed by atoms with Crippen LogP contribution in [0.2, 0.25) is 0 Å². The van der Waals surface area contributed by atoms with Crippen LogP contribution >= 0.6 is 15.9 Å². The zero-order valence-electron chi connectivity index (χ0n) is 15.4.